The Hall–Kier alpha value is -2.35. The van der Waals surface area contributed by atoms with Crippen molar-refractivity contribution in [2.45, 2.75) is 46.1 Å². The zero-order valence-corrected chi connectivity index (χ0v) is 16.1. The van der Waals surface area contributed by atoms with E-state index >= 15 is 0 Å². The molecule has 3 rings (SSSR count). The van der Waals surface area contributed by atoms with Crippen LogP contribution in [0.4, 0.5) is 17.6 Å². The minimum absolute atomic E-state index is 0.0219. The molecule has 0 radical (unpaired) electrons. The summed E-state index contributed by atoms with van der Waals surface area (Å²) in [6, 6.07) is 3.60. The SMILES string of the molecule is CC(C)C1=NOC(CNc2nc(Cl)cc(Nc3cc(C(C)C)[nH]n3)n2)C1. The highest BCUT2D eigenvalue weighted by molar-refractivity contribution is 6.29. The van der Waals surface area contributed by atoms with Gasteiger partial charge in [-0.2, -0.15) is 10.1 Å². The molecule has 2 aromatic rings. The molecule has 0 saturated carbocycles. The molecular weight excluding hydrogens is 354 g/mol. The Kier molecular flexibility index (Phi) is 5.61. The summed E-state index contributed by atoms with van der Waals surface area (Å²) in [4.78, 5) is 14.1. The van der Waals surface area contributed by atoms with E-state index in [0.717, 1.165) is 17.8 Å². The smallest absolute Gasteiger partial charge is 0.226 e. The van der Waals surface area contributed by atoms with Crippen LogP contribution in [0.3, 0.4) is 0 Å². The molecule has 1 aliphatic heterocycles. The second-order valence-electron chi connectivity index (χ2n) is 6.94. The first kappa shape index (κ1) is 18.4. The quantitative estimate of drug-likeness (QED) is 0.632. The summed E-state index contributed by atoms with van der Waals surface area (Å²) in [7, 11) is 0. The van der Waals surface area contributed by atoms with Crippen LogP contribution in [-0.4, -0.2) is 38.5 Å². The van der Waals surface area contributed by atoms with Crippen molar-refractivity contribution in [1.82, 2.24) is 20.2 Å². The average Bonchev–Trinajstić information content (AvgIpc) is 3.21. The number of hydrogen-bond acceptors (Lipinski definition) is 7. The predicted molar refractivity (Wildman–Crippen MR) is 103 cm³/mol. The van der Waals surface area contributed by atoms with Gasteiger partial charge in [-0.25, -0.2) is 4.98 Å². The van der Waals surface area contributed by atoms with Gasteiger partial charge in [-0.1, -0.05) is 44.5 Å². The number of aromatic nitrogens is 4. The maximum Gasteiger partial charge on any atom is 0.226 e. The molecule has 0 bridgehead atoms. The zero-order valence-electron chi connectivity index (χ0n) is 15.4. The number of nitrogens with one attached hydrogen (secondary N) is 3. The Balaban J connectivity index is 1.60. The Labute approximate surface area is 157 Å². The molecular formula is C17H24ClN7O. The van der Waals surface area contributed by atoms with E-state index in [1.165, 1.54) is 0 Å². The third-order valence-electron chi connectivity index (χ3n) is 4.08. The third kappa shape index (κ3) is 4.63. The van der Waals surface area contributed by atoms with E-state index in [4.69, 9.17) is 16.4 Å². The van der Waals surface area contributed by atoms with Crippen LogP contribution >= 0.6 is 11.6 Å². The van der Waals surface area contributed by atoms with Crippen LogP contribution < -0.4 is 10.6 Å². The van der Waals surface area contributed by atoms with Crippen molar-refractivity contribution in [3.05, 3.63) is 23.0 Å². The number of anilines is 3. The molecule has 3 heterocycles. The van der Waals surface area contributed by atoms with Crippen LogP contribution in [0.2, 0.25) is 5.15 Å². The topological polar surface area (TPSA) is 100 Å². The maximum atomic E-state index is 6.12. The van der Waals surface area contributed by atoms with E-state index < -0.39 is 0 Å². The van der Waals surface area contributed by atoms with Crippen LogP contribution in [0.1, 0.15) is 45.7 Å². The molecule has 1 unspecified atom stereocenters. The lowest BCUT2D eigenvalue weighted by Crippen LogP contribution is -2.22. The molecule has 0 spiro atoms. The Morgan fingerprint density at radius 3 is 2.65 bits per heavy atom. The molecule has 8 nitrogen and oxygen atoms in total. The Bertz CT molecular complexity index is 787. The first-order valence-corrected chi connectivity index (χ1v) is 9.12. The number of rotatable bonds is 7. The number of nitrogens with zero attached hydrogens (tertiary/aromatic N) is 4. The van der Waals surface area contributed by atoms with Crippen molar-refractivity contribution in [3.8, 4) is 0 Å². The van der Waals surface area contributed by atoms with E-state index in [2.05, 4.69) is 63.6 Å². The van der Waals surface area contributed by atoms with Crippen LogP contribution in [0.15, 0.2) is 17.3 Å². The summed E-state index contributed by atoms with van der Waals surface area (Å²) >= 11 is 6.12. The highest BCUT2D eigenvalue weighted by atomic mass is 35.5. The summed E-state index contributed by atoms with van der Waals surface area (Å²) in [5.41, 5.74) is 2.12. The fourth-order valence-electron chi connectivity index (χ4n) is 2.49. The number of H-pyrrole nitrogens is 1. The predicted octanol–water partition coefficient (Wildman–Crippen LogP) is 3.93. The molecule has 0 saturated heterocycles. The van der Waals surface area contributed by atoms with Crippen molar-refractivity contribution in [3.63, 3.8) is 0 Å². The van der Waals surface area contributed by atoms with Gasteiger partial charge in [-0.15, -0.1) is 0 Å². The summed E-state index contributed by atoms with van der Waals surface area (Å²) in [5.74, 6) is 2.45. The van der Waals surface area contributed by atoms with Crippen molar-refractivity contribution in [2.75, 3.05) is 17.2 Å². The molecule has 2 aromatic heterocycles. The molecule has 1 aliphatic rings. The van der Waals surface area contributed by atoms with Crippen LogP contribution in [0.5, 0.6) is 0 Å². The number of hydrogen-bond donors (Lipinski definition) is 3. The largest absolute Gasteiger partial charge is 0.390 e. The van der Waals surface area contributed by atoms with Crippen LogP contribution in [0, 0.1) is 5.92 Å². The van der Waals surface area contributed by atoms with Gasteiger partial charge in [0, 0.05) is 24.2 Å². The Morgan fingerprint density at radius 1 is 1.19 bits per heavy atom. The first-order chi connectivity index (χ1) is 12.4. The lowest BCUT2D eigenvalue weighted by atomic mass is 10.0. The van der Waals surface area contributed by atoms with E-state index in [9.17, 15) is 0 Å². The lowest BCUT2D eigenvalue weighted by molar-refractivity contribution is 0.0947. The summed E-state index contributed by atoms with van der Waals surface area (Å²) in [6.45, 7) is 8.96. The van der Waals surface area contributed by atoms with Gasteiger partial charge in [0.2, 0.25) is 5.95 Å². The van der Waals surface area contributed by atoms with Crippen molar-refractivity contribution in [1.29, 1.82) is 0 Å². The number of aromatic amines is 1. The van der Waals surface area contributed by atoms with Crippen LogP contribution in [0.25, 0.3) is 0 Å². The van der Waals surface area contributed by atoms with Crippen LogP contribution in [-0.2, 0) is 4.84 Å². The first-order valence-electron chi connectivity index (χ1n) is 8.74. The molecule has 26 heavy (non-hydrogen) atoms. The molecule has 0 fully saturated rings. The summed E-state index contributed by atoms with van der Waals surface area (Å²) in [6.07, 6.45) is 0.785. The molecule has 0 aliphatic carbocycles. The van der Waals surface area contributed by atoms with Gasteiger partial charge in [0.15, 0.2) is 5.82 Å². The Morgan fingerprint density at radius 2 is 2.00 bits per heavy atom. The van der Waals surface area contributed by atoms with Gasteiger partial charge in [-0.3, -0.25) is 5.10 Å². The van der Waals surface area contributed by atoms with Gasteiger partial charge < -0.3 is 15.5 Å². The molecule has 140 valence electrons. The highest BCUT2D eigenvalue weighted by Crippen LogP contribution is 2.21. The van der Waals surface area contributed by atoms with E-state index in [-0.39, 0.29) is 6.10 Å². The molecule has 1 atom stereocenters. The summed E-state index contributed by atoms with van der Waals surface area (Å²) in [5, 5.41) is 18.0. The number of halogens is 1. The van der Waals surface area contributed by atoms with Gasteiger partial charge >= 0.3 is 0 Å². The van der Waals surface area contributed by atoms with Crippen molar-refractivity contribution >= 4 is 34.9 Å². The fraction of sp³-hybridized carbons (Fsp3) is 0.529. The molecule has 0 aromatic carbocycles. The van der Waals surface area contributed by atoms with E-state index in [0.29, 0.717) is 41.1 Å². The van der Waals surface area contributed by atoms with Crippen molar-refractivity contribution in [2.24, 2.45) is 11.1 Å². The average molecular weight is 378 g/mol. The zero-order chi connectivity index (χ0) is 18.7. The lowest BCUT2D eigenvalue weighted by Gasteiger charge is -2.11. The fourth-order valence-corrected chi connectivity index (χ4v) is 2.68. The van der Waals surface area contributed by atoms with Gasteiger partial charge in [0.1, 0.15) is 17.1 Å². The molecule has 9 heteroatoms. The monoisotopic (exact) mass is 377 g/mol. The minimum Gasteiger partial charge on any atom is -0.390 e. The number of oxime groups is 1. The standard InChI is InChI=1S/C17H24ClN7O/c1-9(2)12-6-16(24-23-12)21-15-7-14(18)20-17(22-15)19-8-11-5-13(10(3)4)25-26-11/h6-7,9-11H,5,8H2,1-4H3,(H3,19,20,21,22,23,24). The van der Waals surface area contributed by atoms with Gasteiger partial charge in [0.05, 0.1) is 12.3 Å². The second-order valence-corrected chi connectivity index (χ2v) is 7.32. The third-order valence-corrected chi connectivity index (χ3v) is 4.27. The summed E-state index contributed by atoms with van der Waals surface area (Å²) < 4.78 is 0. The van der Waals surface area contributed by atoms with E-state index in [1.54, 1.807) is 6.07 Å². The highest BCUT2D eigenvalue weighted by Gasteiger charge is 2.23. The van der Waals surface area contributed by atoms with Crippen molar-refractivity contribution < 1.29 is 4.84 Å². The van der Waals surface area contributed by atoms with E-state index in [1.807, 2.05) is 6.07 Å². The second kappa shape index (κ2) is 7.90. The molecule has 3 N–H and O–H groups in total. The maximum absolute atomic E-state index is 6.12. The van der Waals surface area contributed by atoms with Gasteiger partial charge in [-0.05, 0) is 11.8 Å². The van der Waals surface area contributed by atoms with Gasteiger partial charge in [0.25, 0.3) is 0 Å². The molecule has 0 amide bonds. The minimum atomic E-state index is -0.0219. The normalized spacial score (nSPS) is 16.7.